The number of hydrogen-bond acceptors (Lipinski definition) is 5. The predicted octanol–water partition coefficient (Wildman–Crippen LogP) is 0.461. The summed E-state index contributed by atoms with van der Waals surface area (Å²) in [6, 6.07) is 0. The van der Waals surface area contributed by atoms with Crippen molar-refractivity contribution in [2.75, 3.05) is 46.1 Å². The van der Waals surface area contributed by atoms with Gasteiger partial charge in [-0.15, -0.1) is 0 Å². The Bertz CT molecular complexity index is 625. The van der Waals surface area contributed by atoms with Gasteiger partial charge in [-0.05, 0) is 26.2 Å². The highest BCUT2D eigenvalue weighted by atomic mass is 16.5. The Hall–Kier alpha value is -1.93. The smallest absolute Gasteiger partial charge is 0.271 e. The molecule has 144 valence electrons. The zero-order valence-electron chi connectivity index (χ0n) is 15.4. The van der Waals surface area contributed by atoms with E-state index in [9.17, 15) is 9.59 Å². The third-order valence-electron chi connectivity index (χ3n) is 4.94. The number of rotatable bonds is 7. The minimum Gasteiger partial charge on any atom is -0.382 e. The molecule has 8 heteroatoms. The maximum atomic E-state index is 12.7. The molecule has 1 unspecified atom stereocenters. The van der Waals surface area contributed by atoms with Gasteiger partial charge < -0.3 is 24.3 Å². The molecule has 1 atom stereocenters. The molecule has 0 saturated carbocycles. The molecule has 0 aromatic carbocycles. The van der Waals surface area contributed by atoms with Crippen LogP contribution in [-0.2, 0) is 27.2 Å². The molecular formula is C18H28N4O4. The van der Waals surface area contributed by atoms with Crippen LogP contribution >= 0.6 is 0 Å². The van der Waals surface area contributed by atoms with E-state index in [-0.39, 0.29) is 17.7 Å². The predicted molar refractivity (Wildman–Crippen MR) is 94.9 cm³/mol. The molecule has 1 N–H and O–H groups in total. The molecule has 2 aliphatic heterocycles. The Balaban J connectivity index is 1.54. The number of carbonyl (C=O) groups is 2. The summed E-state index contributed by atoms with van der Waals surface area (Å²) in [4.78, 5) is 31.2. The van der Waals surface area contributed by atoms with E-state index in [4.69, 9.17) is 9.47 Å². The lowest BCUT2D eigenvalue weighted by molar-refractivity contribution is -0.140. The highest BCUT2D eigenvalue weighted by Crippen LogP contribution is 2.24. The number of amides is 2. The van der Waals surface area contributed by atoms with Crippen LogP contribution in [0.3, 0.4) is 0 Å². The Kier molecular flexibility index (Phi) is 6.62. The number of fused-ring (bicyclic) bond motifs is 1. The monoisotopic (exact) mass is 364 g/mol. The van der Waals surface area contributed by atoms with Crippen LogP contribution in [0.25, 0.3) is 0 Å². The van der Waals surface area contributed by atoms with E-state index in [1.165, 1.54) is 0 Å². The molecule has 1 aromatic rings. The number of hydrogen-bond donors (Lipinski definition) is 1. The second-order valence-electron chi connectivity index (χ2n) is 6.67. The van der Waals surface area contributed by atoms with Crippen molar-refractivity contribution in [3.8, 4) is 0 Å². The van der Waals surface area contributed by atoms with E-state index < -0.39 is 0 Å². The quantitative estimate of drug-likeness (QED) is 0.711. The van der Waals surface area contributed by atoms with Gasteiger partial charge in [-0.3, -0.25) is 9.59 Å². The fourth-order valence-electron chi connectivity index (χ4n) is 3.50. The number of morpholine rings is 1. The summed E-state index contributed by atoms with van der Waals surface area (Å²) in [6.07, 6.45) is 3.92. The molecule has 0 bridgehead atoms. The van der Waals surface area contributed by atoms with E-state index in [1.807, 2.05) is 16.4 Å². The molecular weight excluding hydrogens is 336 g/mol. The average Bonchev–Trinajstić information content (AvgIpc) is 3.11. The fraction of sp³-hybridized carbons (Fsp3) is 0.722. The molecule has 1 aromatic heterocycles. The first kappa shape index (κ1) is 18.8. The Morgan fingerprint density at radius 2 is 2.19 bits per heavy atom. The van der Waals surface area contributed by atoms with Crippen molar-refractivity contribution >= 4 is 11.8 Å². The minimum atomic E-state index is -0.145. The van der Waals surface area contributed by atoms with Crippen LogP contribution in [-0.4, -0.2) is 72.3 Å². The van der Waals surface area contributed by atoms with Crippen molar-refractivity contribution < 1.29 is 19.1 Å². The molecule has 0 radical (unpaired) electrons. The molecule has 2 amide bonds. The number of nitrogens with one attached hydrogen (secondary N) is 1. The topological polar surface area (TPSA) is 85.7 Å². The first-order valence-corrected chi connectivity index (χ1v) is 9.47. The molecule has 8 nitrogen and oxygen atoms in total. The van der Waals surface area contributed by atoms with Crippen LogP contribution in [0.5, 0.6) is 0 Å². The SMILES string of the molecule is CCOCCCNC(=O)c1ncn2c1CCC(C(=O)N1CCOCC1)C2. The van der Waals surface area contributed by atoms with E-state index in [1.54, 1.807) is 6.33 Å². The third kappa shape index (κ3) is 4.42. The third-order valence-corrected chi connectivity index (χ3v) is 4.94. The summed E-state index contributed by atoms with van der Waals surface area (Å²) >= 11 is 0. The largest absolute Gasteiger partial charge is 0.382 e. The minimum absolute atomic E-state index is 0.0445. The first-order valence-electron chi connectivity index (χ1n) is 9.47. The summed E-state index contributed by atoms with van der Waals surface area (Å²) in [5, 5.41) is 2.90. The lowest BCUT2D eigenvalue weighted by atomic mass is 9.95. The van der Waals surface area contributed by atoms with Gasteiger partial charge >= 0.3 is 0 Å². The standard InChI is InChI=1S/C18H28N4O4/c1-2-25-9-3-6-19-17(23)16-15-5-4-14(12-22(15)13-20-16)18(24)21-7-10-26-11-8-21/h13-14H,2-12H2,1H3,(H,19,23). The summed E-state index contributed by atoms with van der Waals surface area (Å²) in [7, 11) is 0. The van der Waals surface area contributed by atoms with Crippen LogP contribution in [0.15, 0.2) is 6.33 Å². The Morgan fingerprint density at radius 3 is 2.96 bits per heavy atom. The van der Waals surface area contributed by atoms with Crippen molar-refractivity contribution in [3.63, 3.8) is 0 Å². The van der Waals surface area contributed by atoms with E-state index in [0.717, 1.165) is 18.5 Å². The number of nitrogens with zero attached hydrogens (tertiary/aromatic N) is 3. The van der Waals surface area contributed by atoms with Gasteiger partial charge in [-0.2, -0.15) is 0 Å². The number of aromatic nitrogens is 2. The van der Waals surface area contributed by atoms with Gasteiger partial charge in [0.25, 0.3) is 5.91 Å². The molecule has 1 fully saturated rings. The highest BCUT2D eigenvalue weighted by Gasteiger charge is 2.31. The Labute approximate surface area is 153 Å². The van der Waals surface area contributed by atoms with Gasteiger partial charge in [0, 0.05) is 39.4 Å². The van der Waals surface area contributed by atoms with Crippen molar-refractivity contribution in [1.82, 2.24) is 19.8 Å². The molecule has 26 heavy (non-hydrogen) atoms. The average molecular weight is 364 g/mol. The van der Waals surface area contributed by atoms with Gasteiger partial charge in [-0.1, -0.05) is 0 Å². The highest BCUT2D eigenvalue weighted by molar-refractivity contribution is 5.93. The van der Waals surface area contributed by atoms with Crippen LogP contribution in [0.1, 0.15) is 35.9 Å². The summed E-state index contributed by atoms with van der Waals surface area (Å²) < 4.78 is 12.5. The van der Waals surface area contributed by atoms with Crippen molar-refractivity contribution in [2.24, 2.45) is 5.92 Å². The zero-order valence-corrected chi connectivity index (χ0v) is 15.4. The van der Waals surface area contributed by atoms with Gasteiger partial charge in [-0.25, -0.2) is 4.98 Å². The fourth-order valence-corrected chi connectivity index (χ4v) is 3.50. The number of ether oxygens (including phenoxy) is 2. The number of imidazole rings is 1. The summed E-state index contributed by atoms with van der Waals surface area (Å²) in [6.45, 7) is 7.01. The van der Waals surface area contributed by atoms with E-state index in [0.29, 0.717) is 64.7 Å². The zero-order chi connectivity index (χ0) is 18.4. The van der Waals surface area contributed by atoms with Crippen LogP contribution in [0.2, 0.25) is 0 Å². The molecule has 3 heterocycles. The normalized spacial score (nSPS) is 19.9. The number of carbonyl (C=O) groups excluding carboxylic acids is 2. The van der Waals surface area contributed by atoms with Crippen LogP contribution in [0.4, 0.5) is 0 Å². The van der Waals surface area contributed by atoms with Gasteiger partial charge in [0.05, 0.1) is 31.2 Å². The molecule has 0 spiro atoms. The second-order valence-corrected chi connectivity index (χ2v) is 6.67. The lowest BCUT2D eigenvalue weighted by Gasteiger charge is -2.32. The summed E-state index contributed by atoms with van der Waals surface area (Å²) in [5.41, 5.74) is 1.41. The maximum absolute atomic E-state index is 12.7. The second kappa shape index (κ2) is 9.14. The first-order chi connectivity index (χ1) is 12.7. The van der Waals surface area contributed by atoms with E-state index in [2.05, 4.69) is 10.3 Å². The molecule has 0 aliphatic carbocycles. The van der Waals surface area contributed by atoms with Gasteiger partial charge in [0.2, 0.25) is 5.91 Å². The van der Waals surface area contributed by atoms with E-state index >= 15 is 0 Å². The maximum Gasteiger partial charge on any atom is 0.271 e. The van der Waals surface area contributed by atoms with Crippen LogP contribution in [0, 0.1) is 5.92 Å². The van der Waals surface area contributed by atoms with Gasteiger partial charge in [0.1, 0.15) is 5.69 Å². The van der Waals surface area contributed by atoms with Crippen molar-refractivity contribution in [2.45, 2.75) is 32.7 Å². The van der Waals surface area contributed by atoms with Crippen molar-refractivity contribution in [1.29, 1.82) is 0 Å². The Morgan fingerprint density at radius 1 is 1.38 bits per heavy atom. The molecule has 3 rings (SSSR count). The summed E-state index contributed by atoms with van der Waals surface area (Å²) in [5.74, 6) is -0.000293. The molecule has 2 aliphatic rings. The molecule has 1 saturated heterocycles. The van der Waals surface area contributed by atoms with Crippen molar-refractivity contribution in [3.05, 3.63) is 17.7 Å². The van der Waals surface area contributed by atoms with Gasteiger partial charge in [0.15, 0.2) is 0 Å². The van der Waals surface area contributed by atoms with Crippen LogP contribution < -0.4 is 5.32 Å². The lowest BCUT2D eigenvalue weighted by Crippen LogP contribution is -2.45.